The lowest BCUT2D eigenvalue weighted by Crippen LogP contribution is -2.36. The Kier molecular flexibility index (Phi) is 7.20. The molecule has 0 unspecified atom stereocenters. The summed E-state index contributed by atoms with van der Waals surface area (Å²) < 4.78 is 38.2. The van der Waals surface area contributed by atoms with Gasteiger partial charge in [0.2, 0.25) is 21.7 Å². The lowest BCUT2D eigenvalue weighted by atomic mass is 10.1. The zero-order valence-corrected chi connectivity index (χ0v) is 20.5. The molecule has 0 spiro atoms. The summed E-state index contributed by atoms with van der Waals surface area (Å²) in [5, 5.41) is 4.44. The first-order valence-electron chi connectivity index (χ1n) is 10.8. The number of aromatic nitrogens is 2. The second kappa shape index (κ2) is 10.1. The maximum absolute atomic E-state index is 13.3. The van der Waals surface area contributed by atoms with Gasteiger partial charge in [-0.1, -0.05) is 28.9 Å². The van der Waals surface area contributed by atoms with E-state index >= 15 is 0 Å². The Labute approximate surface area is 203 Å². The molecule has 1 aliphatic heterocycles. The molecule has 0 N–H and O–H groups in total. The third kappa shape index (κ3) is 5.08. The summed E-state index contributed by atoms with van der Waals surface area (Å²) in [5.41, 5.74) is 0.879. The van der Waals surface area contributed by atoms with E-state index in [1.807, 2.05) is 0 Å². The summed E-state index contributed by atoms with van der Waals surface area (Å²) >= 11 is 6.01. The first kappa shape index (κ1) is 24.2. The van der Waals surface area contributed by atoms with Gasteiger partial charge < -0.3 is 14.2 Å². The van der Waals surface area contributed by atoms with Crippen molar-refractivity contribution in [2.45, 2.75) is 30.7 Å². The fourth-order valence-electron chi connectivity index (χ4n) is 3.80. The van der Waals surface area contributed by atoms with E-state index in [9.17, 15) is 13.2 Å². The Morgan fingerprint density at radius 1 is 1.18 bits per heavy atom. The minimum absolute atomic E-state index is 0.0225. The van der Waals surface area contributed by atoms with Crippen molar-refractivity contribution >= 4 is 27.5 Å². The maximum Gasteiger partial charge on any atom is 0.257 e. The normalized spacial score (nSPS) is 14.4. The van der Waals surface area contributed by atoms with Gasteiger partial charge in [-0.25, -0.2) is 8.42 Å². The van der Waals surface area contributed by atoms with Gasteiger partial charge in [0.1, 0.15) is 5.75 Å². The second-order valence-electron chi connectivity index (χ2n) is 8.00. The Hall–Kier alpha value is -2.95. The molecule has 9 nitrogen and oxygen atoms in total. The smallest absolute Gasteiger partial charge is 0.257 e. The van der Waals surface area contributed by atoms with E-state index in [1.165, 1.54) is 32.4 Å². The number of hydrogen-bond acceptors (Lipinski definition) is 7. The van der Waals surface area contributed by atoms with Gasteiger partial charge in [-0.2, -0.15) is 9.29 Å². The van der Waals surface area contributed by atoms with Crippen LogP contribution >= 0.6 is 11.6 Å². The molecule has 1 fully saturated rings. The van der Waals surface area contributed by atoms with Crippen LogP contribution in [0.4, 0.5) is 0 Å². The van der Waals surface area contributed by atoms with Gasteiger partial charge in [-0.05, 0) is 49.6 Å². The summed E-state index contributed by atoms with van der Waals surface area (Å²) in [6, 6.07) is 11.2. The van der Waals surface area contributed by atoms with E-state index in [-0.39, 0.29) is 28.8 Å². The number of ether oxygens (including phenoxy) is 1. The van der Waals surface area contributed by atoms with E-state index < -0.39 is 10.0 Å². The topological polar surface area (TPSA) is 106 Å². The maximum atomic E-state index is 13.3. The van der Waals surface area contributed by atoms with Gasteiger partial charge in [0.15, 0.2) is 0 Å². The van der Waals surface area contributed by atoms with Crippen LogP contribution < -0.4 is 4.74 Å². The van der Waals surface area contributed by atoms with Crippen molar-refractivity contribution in [3.63, 3.8) is 0 Å². The highest BCUT2D eigenvalue weighted by Crippen LogP contribution is 2.27. The minimum atomic E-state index is -3.95. The number of amides is 1. The van der Waals surface area contributed by atoms with E-state index in [1.54, 1.807) is 29.2 Å². The SMILES string of the molecule is COc1ccc(S(=O)(=O)N(C)Cc2nc(-c3cccc(Cl)c3)no2)cc1C(=O)N1CCCCC1. The predicted molar refractivity (Wildman–Crippen MR) is 126 cm³/mol. The van der Waals surface area contributed by atoms with Crippen LogP contribution in [-0.4, -0.2) is 60.9 Å². The van der Waals surface area contributed by atoms with E-state index in [2.05, 4.69) is 10.1 Å². The van der Waals surface area contributed by atoms with Crippen LogP contribution in [0.25, 0.3) is 11.4 Å². The highest BCUT2D eigenvalue weighted by atomic mass is 35.5. The van der Waals surface area contributed by atoms with Gasteiger partial charge in [-0.15, -0.1) is 0 Å². The van der Waals surface area contributed by atoms with Crippen LogP contribution in [0.2, 0.25) is 5.02 Å². The molecule has 2 aromatic carbocycles. The number of methoxy groups -OCH3 is 1. The molecule has 11 heteroatoms. The molecule has 4 rings (SSSR count). The van der Waals surface area contributed by atoms with Crippen LogP contribution in [0.5, 0.6) is 5.75 Å². The molecular weight excluding hydrogens is 480 g/mol. The molecule has 0 saturated carbocycles. The number of carbonyl (C=O) groups excluding carboxylic acids is 1. The number of hydrogen-bond donors (Lipinski definition) is 0. The van der Waals surface area contributed by atoms with Crippen molar-refractivity contribution in [1.82, 2.24) is 19.3 Å². The fraction of sp³-hybridized carbons (Fsp3) is 0.348. The molecule has 34 heavy (non-hydrogen) atoms. The van der Waals surface area contributed by atoms with Crippen molar-refractivity contribution < 1.29 is 22.5 Å². The van der Waals surface area contributed by atoms with Crippen LogP contribution in [0.15, 0.2) is 51.9 Å². The van der Waals surface area contributed by atoms with E-state index in [0.29, 0.717) is 35.2 Å². The Balaban J connectivity index is 1.56. The summed E-state index contributed by atoms with van der Waals surface area (Å²) in [6.45, 7) is 1.15. The second-order valence-corrected chi connectivity index (χ2v) is 10.5. The highest BCUT2D eigenvalue weighted by Gasteiger charge is 2.27. The first-order valence-corrected chi connectivity index (χ1v) is 12.6. The summed E-state index contributed by atoms with van der Waals surface area (Å²) in [4.78, 5) is 19.1. The first-order chi connectivity index (χ1) is 16.3. The van der Waals surface area contributed by atoms with Crippen LogP contribution in [0.1, 0.15) is 35.5 Å². The Morgan fingerprint density at radius 2 is 1.94 bits per heavy atom. The molecule has 2 heterocycles. The monoisotopic (exact) mass is 504 g/mol. The molecule has 0 aliphatic carbocycles. The van der Waals surface area contributed by atoms with Gasteiger partial charge in [0.25, 0.3) is 5.91 Å². The summed E-state index contributed by atoms with van der Waals surface area (Å²) in [7, 11) is -1.09. The average molecular weight is 505 g/mol. The van der Waals surface area contributed by atoms with Crippen molar-refractivity contribution in [3.8, 4) is 17.1 Å². The lowest BCUT2D eigenvalue weighted by molar-refractivity contribution is 0.0720. The fourth-order valence-corrected chi connectivity index (χ4v) is 5.14. The van der Waals surface area contributed by atoms with Crippen molar-refractivity contribution in [2.75, 3.05) is 27.2 Å². The van der Waals surface area contributed by atoms with Gasteiger partial charge in [-0.3, -0.25) is 4.79 Å². The molecule has 1 saturated heterocycles. The van der Waals surface area contributed by atoms with Gasteiger partial charge in [0.05, 0.1) is 24.1 Å². The average Bonchev–Trinajstić information content (AvgIpc) is 3.32. The predicted octanol–water partition coefficient (Wildman–Crippen LogP) is 3.85. The van der Waals surface area contributed by atoms with Crippen LogP contribution in [0, 0.1) is 0 Å². The number of likely N-dealkylation sites (tertiary alicyclic amines) is 1. The molecular formula is C23H25ClN4O5S. The van der Waals surface area contributed by atoms with Crippen molar-refractivity contribution in [1.29, 1.82) is 0 Å². The number of sulfonamides is 1. The largest absolute Gasteiger partial charge is 0.496 e. The van der Waals surface area contributed by atoms with Crippen molar-refractivity contribution in [3.05, 3.63) is 58.9 Å². The van der Waals surface area contributed by atoms with Crippen molar-refractivity contribution in [2.24, 2.45) is 0 Å². The molecule has 1 aliphatic rings. The Bertz CT molecular complexity index is 1290. The van der Waals surface area contributed by atoms with E-state index in [4.69, 9.17) is 20.9 Å². The highest BCUT2D eigenvalue weighted by molar-refractivity contribution is 7.89. The number of halogens is 1. The molecule has 1 amide bonds. The van der Waals surface area contributed by atoms with Crippen LogP contribution in [-0.2, 0) is 16.6 Å². The molecule has 1 aromatic heterocycles. The van der Waals surface area contributed by atoms with Crippen LogP contribution in [0.3, 0.4) is 0 Å². The number of benzene rings is 2. The van der Waals surface area contributed by atoms with E-state index in [0.717, 1.165) is 23.6 Å². The molecule has 3 aromatic rings. The zero-order valence-electron chi connectivity index (χ0n) is 18.9. The molecule has 0 radical (unpaired) electrons. The molecule has 0 bridgehead atoms. The minimum Gasteiger partial charge on any atom is -0.496 e. The number of carbonyl (C=O) groups is 1. The quantitative estimate of drug-likeness (QED) is 0.481. The third-order valence-corrected chi connectivity index (χ3v) is 7.70. The van der Waals surface area contributed by atoms with Gasteiger partial charge >= 0.3 is 0 Å². The number of nitrogens with zero attached hydrogens (tertiary/aromatic N) is 4. The molecule has 180 valence electrons. The summed E-state index contributed by atoms with van der Waals surface area (Å²) in [6.07, 6.45) is 2.93. The Morgan fingerprint density at radius 3 is 2.65 bits per heavy atom. The standard InChI is InChI=1S/C23H25ClN4O5S/c1-27(15-21-25-22(26-33-21)16-7-6-8-17(24)13-16)34(30,31)18-9-10-20(32-2)19(14-18)23(29)28-11-4-3-5-12-28/h6-10,13-14H,3-5,11-12,15H2,1-2H3. The number of piperidine rings is 1. The number of rotatable bonds is 7. The summed E-state index contributed by atoms with van der Waals surface area (Å²) in [5.74, 6) is 0.529. The molecule has 0 atom stereocenters. The van der Waals surface area contributed by atoms with Gasteiger partial charge in [0, 0.05) is 30.7 Å². The lowest BCUT2D eigenvalue weighted by Gasteiger charge is -2.27. The zero-order chi connectivity index (χ0) is 24.3. The third-order valence-electron chi connectivity index (χ3n) is 5.66.